The molecule has 0 aliphatic rings. The summed E-state index contributed by atoms with van der Waals surface area (Å²) in [7, 11) is 0. The second-order valence-corrected chi connectivity index (χ2v) is 8.01. The number of carbonyl (C=O) groups excluding carboxylic acids is 1. The van der Waals surface area contributed by atoms with E-state index in [1.54, 1.807) is 0 Å². The molecule has 0 saturated heterocycles. The predicted molar refractivity (Wildman–Crippen MR) is 143 cm³/mol. The van der Waals surface area contributed by atoms with Gasteiger partial charge < -0.3 is 4.90 Å². The highest BCUT2D eigenvalue weighted by molar-refractivity contribution is 5.78. The summed E-state index contributed by atoms with van der Waals surface area (Å²) in [5.41, 5.74) is 7.57. The van der Waals surface area contributed by atoms with E-state index in [2.05, 4.69) is 51.5 Å². The molecule has 0 N–H and O–H groups in total. The van der Waals surface area contributed by atoms with Crippen molar-refractivity contribution in [2.24, 2.45) is 10.2 Å². The van der Waals surface area contributed by atoms with Crippen molar-refractivity contribution in [2.45, 2.75) is 0 Å². The van der Waals surface area contributed by atoms with Crippen LogP contribution in [0, 0.1) is 0 Å². The summed E-state index contributed by atoms with van der Waals surface area (Å²) in [4.78, 5) is 13.1. The van der Waals surface area contributed by atoms with Crippen molar-refractivity contribution in [3.63, 3.8) is 0 Å². The van der Waals surface area contributed by atoms with Crippen LogP contribution in [0.1, 0.15) is 10.4 Å². The summed E-state index contributed by atoms with van der Waals surface area (Å²) in [6, 6.07) is 44.1. The Hall–Kier alpha value is -4.83. The van der Waals surface area contributed by atoms with Crippen molar-refractivity contribution in [2.75, 3.05) is 4.90 Å². The van der Waals surface area contributed by atoms with Gasteiger partial charge in [-0.25, -0.2) is 0 Å². The predicted octanol–water partition coefficient (Wildman–Crippen LogP) is 9.05. The molecule has 4 heteroatoms. The Balaban J connectivity index is 1.33. The normalized spacial score (nSPS) is 10.9. The number of anilines is 3. The summed E-state index contributed by atoms with van der Waals surface area (Å²) < 4.78 is 0. The third kappa shape index (κ3) is 5.23. The van der Waals surface area contributed by atoms with E-state index < -0.39 is 0 Å². The Labute approximate surface area is 204 Å². The first-order valence-corrected chi connectivity index (χ1v) is 11.4. The third-order valence-electron chi connectivity index (χ3n) is 5.67. The van der Waals surface area contributed by atoms with Gasteiger partial charge in [0.2, 0.25) is 0 Å². The molecule has 4 nitrogen and oxygen atoms in total. The molecule has 0 spiro atoms. The fourth-order valence-electron chi connectivity index (χ4n) is 3.86. The first-order valence-electron chi connectivity index (χ1n) is 11.4. The van der Waals surface area contributed by atoms with Gasteiger partial charge in [-0.05, 0) is 71.8 Å². The van der Waals surface area contributed by atoms with Crippen molar-refractivity contribution in [1.29, 1.82) is 0 Å². The molecule has 0 saturated carbocycles. The number of aldehydes is 1. The fraction of sp³-hybridized carbons (Fsp3) is 0. The van der Waals surface area contributed by atoms with E-state index in [0.717, 1.165) is 45.8 Å². The summed E-state index contributed by atoms with van der Waals surface area (Å²) in [6.07, 6.45) is 0.848. The van der Waals surface area contributed by atoms with Gasteiger partial charge in [0.1, 0.15) is 6.29 Å². The molecule has 0 unspecified atom stereocenters. The molecule has 0 fully saturated rings. The average molecular weight is 454 g/mol. The van der Waals surface area contributed by atoms with Gasteiger partial charge in [-0.2, -0.15) is 10.2 Å². The summed E-state index contributed by atoms with van der Waals surface area (Å²) in [5.74, 6) is 0. The van der Waals surface area contributed by atoms with Gasteiger partial charge in [-0.1, -0.05) is 72.8 Å². The van der Waals surface area contributed by atoms with Crippen LogP contribution in [0.3, 0.4) is 0 Å². The number of rotatable bonds is 7. The van der Waals surface area contributed by atoms with Gasteiger partial charge in [0.25, 0.3) is 0 Å². The first kappa shape index (κ1) is 22.0. The van der Waals surface area contributed by atoms with Crippen LogP contribution in [0.5, 0.6) is 0 Å². The highest BCUT2D eigenvalue weighted by atomic mass is 16.1. The van der Waals surface area contributed by atoms with Crippen LogP contribution in [-0.2, 0) is 0 Å². The van der Waals surface area contributed by atoms with Crippen molar-refractivity contribution in [3.05, 3.63) is 139 Å². The van der Waals surface area contributed by atoms with E-state index >= 15 is 0 Å². The standard InChI is InChI=1S/C31H23N3O/c35-23-24-11-13-25(14-12-24)26-15-17-27(18-16-26)32-33-28-19-21-31(22-20-28)34(29-7-3-1-4-8-29)30-9-5-2-6-10-30/h1-23H. The monoisotopic (exact) mass is 453 g/mol. The largest absolute Gasteiger partial charge is 0.311 e. The minimum absolute atomic E-state index is 0.667. The van der Waals surface area contributed by atoms with Crippen LogP contribution in [0.15, 0.2) is 144 Å². The lowest BCUT2D eigenvalue weighted by molar-refractivity contribution is 0.112. The lowest BCUT2D eigenvalue weighted by atomic mass is 10.0. The zero-order valence-electron chi connectivity index (χ0n) is 19.0. The molecule has 0 aromatic heterocycles. The maximum Gasteiger partial charge on any atom is 0.150 e. The summed E-state index contributed by atoms with van der Waals surface area (Å²) in [5, 5.41) is 8.81. The van der Waals surface area contributed by atoms with Crippen LogP contribution >= 0.6 is 0 Å². The van der Waals surface area contributed by atoms with Gasteiger partial charge in [-0.15, -0.1) is 0 Å². The zero-order chi connectivity index (χ0) is 23.9. The Morgan fingerprint density at radius 1 is 0.457 bits per heavy atom. The second-order valence-electron chi connectivity index (χ2n) is 8.01. The number of carbonyl (C=O) groups is 1. The Kier molecular flexibility index (Phi) is 6.54. The number of para-hydroxylation sites is 2. The number of hydrogen-bond acceptors (Lipinski definition) is 4. The van der Waals surface area contributed by atoms with Crippen LogP contribution in [-0.4, -0.2) is 6.29 Å². The van der Waals surface area contributed by atoms with Gasteiger partial charge in [0.05, 0.1) is 11.4 Å². The van der Waals surface area contributed by atoms with Crippen molar-refractivity contribution >= 4 is 34.7 Å². The molecule has 35 heavy (non-hydrogen) atoms. The molecular formula is C31H23N3O. The molecule has 0 aliphatic carbocycles. The van der Waals surface area contributed by atoms with Crippen LogP contribution in [0.2, 0.25) is 0 Å². The highest BCUT2D eigenvalue weighted by Crippen LogP contribution is 2.35. The second kappa shape index (κ2) is 10.4. The van der Waals surface area contributed by atoms with E-state index in [1.807, 2.05) is 97.1 Å². The SMILES string of the molecule is O=Cc1ccc(-c2ccc(N=Nc3ccc(N(c4ccccc4)c4ccccc4)cc3)cc2)cc1. The van der Waals surface area contributed by atoms with E-state index in [-0.39, 0.29) is 0 Å². The molecule has 0 heterocycles. The van der Waals surface area contributed by atoms with Crippen molar-refractivity contribution < 1.29 is 4.79 Å². The number of nitrogens with zero attached hydrogens (tertiary/aromatic N) is 3. The molecule has 5 aromatic rings. The highest BCUT2D eigenvalue weighted by Gasteiger charge is 2.11. The quantitative estimate of drug-likeness (QED) is 0.182. The minimum atomic E-state index is 0.667. The lowest BCUT2D eigenvalue weighted by Gasteiger charge is -2.25. The van der Waals surface area contributed by atoms with Gasteiger partial charge in [0, 0.05) is 22.6 Å². The maximum atomic E-state index is 10.8. The minimum Gasteiger partial charge on any atom is -0.311 e. The van der Waals surface area contributed by atoms with Crippen LogP contribution in [0.25, 0.3) is 11.1 Å². The first-order chi connectivity index (χ1) is 17.3. The Morgan fingerprint density at radius 2 is 0.857 bits per heavy atom. The fourth-order valence-corrected chi connectivity index (χ4v) is 3.86. The van der Waals surface area contributed by atoms with Crippen molar-refractivity contribution in [3.8, 4) is 11.1 Å². The topological polar surface area (TPSA) is 45.0 Å². The molecule has 0 radical (unpaired) electrons. The number of hydrogen-bond donors (Lipinski definition) is 0. The van der Waals surface area contributed by atoms with Gasteiger partial charge in [-0.3, -0.25) is 4.79 Å². The zero-order valence-corrected chi connectivity index (χ0v) is 19.0. The van der Waals surface area contributed by atoms with Gasteiger partial charge in [0.15, 0.2) is 0 Å². The van der Waals surface area contributed by atoms with Crippen molar-refractivity contribution in [1.82, 2.24) is 0 Å². The molecule has 5 aromatic carbocycles. The van der Waals surface area contributed by atoms with Crippen LogP contribution < -0.4 is 4.90 Å². The van der Waals surface area contributed by atoms with Gasteiger partial charge >= 0.3 is 0 Å². The van der Waals surface area contributed by atoms with E-state index in [4.69, 9.17) is 0 Å². The molecule has 5 rings (SSSR count). The lowest BCUT2D eigenvalue weighted by Crippen LogP contribution is -2.09. The molecule has 0 aliphatic heterocycles. The molecule has 168 valence electrons. The average Bonchev–Trinajstić information content (AvgIpc) is 2.94. The van der Waals surface area contributed by atoms with E-state index in [0.29, 0.717) is 5.56 Å². The summed E-state index contributed by atoms with van der Waals surface area (Å²) >= 11 is 0. The molecule has 0 atom stereocenters. The third-order valence-corrected chi connectivity index (χ3v) is 5.67. The Morgan fingerprint density at radius 3 is 1.31 bits per heavy atom. The van der Waals surface area contributed by atoms with E-state index in [9.17, 15) is 4.79 Å². The summed E-state index contributed by atoms with van der Waals surface area (Å²) in [6.45, 7) is 0. The number of benzene rings is 5. The molecule has 0 amide bonds. The Bertz CT molecular complexity index is 1370. The molecule has 0 bridgehead atoms. The number of azo groups is 1. The molecular weight excluding hydrogens is 430 g/mol. The van der Waals surface area contributed by atoms with Crippen LogP contribution in [0.4, 0.5) is 28.4 Å². The maximum absolute atomic E-state index is 10.8. The van der Waals surface area contributed by atoms with E-state index in [1.165, 1.54) is 0 Å². The smallest absolute Gasteiger partial charge is 0.150 e.